The summed E-state index contributed by atoms with van der Waals surface area (Å²) in [6.45, 7) is 6.86. The normalized spacial score (nSPS) is 10.5. The summed E-state index contributed by atoms with van der Waals surface area (Å²) in [6.07, 6.45) is 3.75. The van der Waals surface area contributed by atoms with E-state index in [1.807, 2.05) is 17.7 Å². The van der Waals surface area contributed by atoms with Gasteiger partial charge in [0.2, 0.25) is 5.95 Å². The molecule has 19 heavy (non-hydrogen) atoms. The van der Waals surface area contributed by atoms with Gasteiger partial charge in [0, 0.05) is 19.3 Å². The van der Waals surface area contributed by atoms with E-state index < -0.39 is 5.82 Å². The summed E-state index contributed by atoms with van der Waals surface area (Å²) in [5.41, 5.74) is 1.83. The molecule has 1 heterocycles. The molecule has 0 aliphatic rings. The van der Waals surface area contributed by atoms with E-state index in [2.05, 4.69) is 16.9 Å². The van der Waals surface area contributed by atoms with Crippen molar-refractivity contribution in [3.05, 3.63) is 59.1 Å². The smallest absolute Gasteiger partial charge is 0.203 e. The van der Waals surface area contributed by atoms with Gasteiger partial charge >= 0.3 is 0 Å². The van der Waals surface area contributed by atoms with Crippen LogP contribution in [0.5, 0.6) is 0 Å². The first kappa shape index (κ1) is 13.6. The van der Waals surface area contributed by atoms with Crippen LogP contribution in [0.4, 0.5) is 10.3 Å². The molecule has 0 bridgehead atoms. The summed E-state index contributed by atoms with van der Waals surface area (Å²) in [6, 6.07) is 4.67. The molecule has 2 rings (SSSR count). The summed E-state index contributed by atoms with van der Waals surface area (Å²) in [5.74, 6) is 0.354. The zero-order chi connectivity index (χ0) is 13.8. The van der Waals surface area contributed by atoms with E-state index in [4.69, 9.17) is 11.6 Å². The van der Waals surface area contributed by atoms with Gasteiger partial charge in [-0.1, -0.05) is 23.7 Å². The minimum absolute atomic E-state index is 0.130. The van der Waals surface area contributed by atoms with Crippen LogP contribution in [0.2, 0.25) is 5.02 Å². The molecule has 0 unspecified atom stereocenters. The van der Waals surface area contributed by atoms with Crippen molar-refractivity contribution in [2.75, 3.05) is 5.32 Å². The molecule has 3 nitrogen and oxygen atoms in total. The molecule has 5 heteroatoms. The van der Waals surface area contributed by atoms with Gasteiger partial charge in [0.1, 0.15) is 5.82 Å². The maximum atomic E-state index is 13.0. The van der Waals surface area contributed by atoms with Crippen LogP contribution in [0.3, 0.4) is 0 Å². The number of aryl methyl sites for hydroxylation is 1. The fourth-order valence-electron chi connectivity index (χ4n) is 1.80. The van der Waals surface area contributed by atoms with Gasteiger partial charge in [-0.05, 0) is 24.6 Å². The third kappa shape index (κ3) is 3.35. The number of allylic oxidation sites excluding steroid dienone is 1. The minimum atomic E-state index is -0.408. The van der Waals surface area contributed by atoms with Crippen molar-refractivity contribution in [1.82, 2.24) is 9.55 Å². The molecular weight excluding hydrogens is 265 g/mol. The largest absolute Gasteiger partial charge is 0.352 e. The molecule has 0 spiro atoms. The van der Waals surface area contributed by atoms with E-state index in [1.165, 1.54) is 6.07 Å². The number of anilines is 1. The molecule has 0 aliphatic heterocycles. The van der Waals surface area contributed by atoms with Gasteiger partial charge in [0.05, 0.1) is 10.7 Å². The fraction of sp³-hybridized carbons (Fsp3) is 0.214. The number of halogens is 2. The van der Waals surface area contributed by atoms with Crippen LogP contribution in [-0.2, 0) is 13.1 Å². The second kappa shape index (κ2) is 5.89. The van der Waals surface area contributed by atoms with Crippen LogP contribution >= 0.6 is 11.6 Å². The lowest BCUT2D eigenvalue weighted by Crippen LogP contribution is -2.06. The highest BCUT2D eigenvalue weighted by atomic mass is 35.5. The Hall–Kier alpha value is -1.81. The Morgan fingerprint density at radius 3 is 3.00 bits per heavy atom. The summed E-state index contributed by atoms with van der Waals surface area (Å²) in [4.78, 5) is 4.38. The van der Waals surface area contributed by atoms with Crippen LogP contribution in [-0.4, -0.2) is 9.55 Å². The van der Waals surface area contributed by atoms with Crippen LogP contribution in [0.1, 0.15) is 11.3 Å². The Kier molecular flexibility index (Phi) is 4.22. The Labute approximate surface area is 116 Å². The first-order chi connectivity index (χ1) is 9.10. The van der Waals surface area contributed by atoms with Gasteiger partial charge in [0.15, 0.2) is 0 Å². The number of hydrogen-bond donors (Lipinski definition) is 1. The van der Waals surface area contributed by atoms with Gasteiger partial charge in [-0.15, -0.1) is 6.58 Å². The van der Waals surface area contributed by atoms with E-state index in [1.54, 1.807) is 18.2 Å². The van der Waals surface area contributed by atoms with Crippen LogP contribution in [0, 0.1) is 12.7 Å². The predicted octanol–water partition coefficient (Wildman–Crippen LogP) is 3.78. The summed E-state index contributed by atoms with van der Waals surface area (Å²) in [5, 5.41) is 3.33. The highest BCUT2D eigenvalue weighted by Gasteiger charge is 2.05. The Bertz CT molecular complexity index is 592. The van der Waals surface area contributed by atoms with E-state index >= 15 is 0 Å². The first-order valence-corrected chi connectivity index (χ1v) is 6.30. The molecule has 0 saturated carbocycles. The van der Waals surface area contributed by atoms with Gasteiger partial charge in [0.25, 0.3) is 0 Å². The first-order valence-electron chi connectivity index (χ1n) is 5.92. The van der Waals surface area contributed by atoms with Crippen molar-refractivity contribution < 1.29 is 4.39 Å². The van der Waals surface area contributed by atoms with Crippen molar-refractivity contribution in [3.8, 4) is 0 Å². The molecule has 0 fully saturated rings. The lowest BCUT2D eigenvalue weighted by Gasteiger charge is -2.08. The van der Waals surface area contributed by atoms with E-state index in [9.17, 15) is 4.39 Å². The molecule has 100 valence electrons. The Morgan fingerprint density at radius 1 is 1.53 bits per heavy atom. The number of nitrogens with zero attached hydrogens (tertiary/aromatic N) is 2. The third-order valence-corrected chi connectivity index (χ3v) is 2.95. The lowest BCUT2D eigenvalue weighted by molar-refractivity contribution is 0.627. The Balaban J connectivity index is 2.09. The van der Waals surface area contributed by atoms with Crippen LogP contribution < -0.4 is 5.32 Å². The fourth-order valence-corrected chi connectivity index (χ4v) is 2.00. The molecule has 0 radical (unpaired) electrons. The summed E-state index contributed by atoms with van der Waals surface area (Å²) < 4.78 is 15.0. The standard InChI is InChI=1S/C14H15ClFN3/c1-3-6-19-9-10(2)18-14(19)17-8-11-4-5-13(16)12(15)7-11/h3-5,7,9H,1,6,8H2,2H3,(H,17,18). The van der Waals surface area contributed by atoms with Gasteiger partial charge in [-0.25, -0.2) is 9.37 Å². The number of aromatic nitrogens is 2. The molecule has 0 atom stereocenters. The molecule has 1 aromatic heterocycles. The van der Waals surface area contributed by atoms with Gasteiger partial charge < -0.3 is 9.88 Å². The van der Waals surface area contributed by atoms with Gasteiger partial charge in [-0.2, -0.15) is 0 Å². The van der Waals surface area contributed by atoms with Crippen molar-refractivity contribution in [2.24, 2.45) is 0 Å². The number of hydrogen-bond acceptors (Lipinski definition) is 2. The van der Waals surface area contributed by atoms with Crippen molar-refractivity contribution in [2.45, 2.75) is 20.0 Å². The number of benzene rings is 1. The predicted molar refractivity (Wildman–Crippen MR) is 75.9 cm³/mol. The molecule has 1 aromatic carbocycles. The van der Waals surface area contributed by atoms with Crippen molar-refractivity contribution in [1.29, 1.82) is 0 Å². The van der Waals surface area contributed by atoms with Crippen molar-refractivity contribution >= 4 is 17.5 Å². The zero-order valence-electron chi connectivity index (χ0n) is 10.7. The SMILES string of the molecule is C=CCn1cc(C)nc1NCc1ccc(F)c(Cl)c1. The molecule has 0 saturated heterocycles. The number of nitrogens with one attached hydrogen (secondary N) is 1. The monoisotopic (exact) mass is 279 g/mol. The third-order valence-electron chi connectivity index (χ3n) is 2.66. The lowest BCUT2D eigenvalue weighted by atomic mass is 10.2. The highest BCUT2D eigenvalue weighted by molar-refractivity contribution is 6.30. The minimum Gasteiger partial charge on any atom is -0.352 e. The number of imidazole rings is 1. The molecule has 0 amide bonds. The van der Waals surface area contributed by atoms with Crippen LogP contribution in [0.15, 0.2) is 37.1 Å². The maximum absolute atomic E-state index is 13.0. The average Bonchev–Trinajstić information content (AvgIpc) is 2.72. The molecule has 0 aliphatic carbocycles. The highest BCUT2D eigenvalue weighted by Crippen LogP contribution is 2.17. The molecule has 2 aromatic rings. The maximum Gasteiger partial charge on any atom is 0.203 e. The second-order valence-corrected chi connectivity index (χ2v) is 4.66. The summed E-state index contributed by atoms with van der Waals surface area (Å²) >= 11 is 5.74. The second-order valence-electron chi connectivity index (χ2n) is 4.25. The number of rotatable bonds is 5. The van der Waals surface area contributed by atoms with E-state index in [-0.39, 0.29) is 5.02 Å². The van der Waals surface area contributed by atoms with E-state index in [0.717, 1.165) is 17.2 Å². The molecular formula is C14H15ClFN3. The Morgan fingerprint density at radius 2 is 2.32 bits per heavy atom. The quantitative estimate of drug-likeness (QED) is 0.844. The van der Waals surface area contributed by atoms with Crippen LogP contribution in [0.25, 0.3) is 0 Å². The van der Waals surface area contributed by atoms with Gasteiger partial charge in [-0.3, -0.25) is 0 Å². The van der Waals surface area contributed by atoms with E-state index in [0.29, 0.717) is 13.1 Å². The van der Waals surface area contributed by atoms with Crippen molar-refractivity contribution in [3.63, 3.8) is 0 Å². The average molecular weight is 280 g/mol. The topological polar surface area (TPSA) is 29.9 Å². The summed E-state index contributed by atoms with van der Waals surface area (Å²) in [7, 11) is 0. The molecule has 1 N–H and O–H groups in total. The zero-order valence-corrected chi connectivity index (χ0v) is 11.4.